The Morgan fingerprint density at radius 3 is 2.72 bits per heavy atom. The van der Waals surface area contributed by atoms with Crippen LogP contribution in [-0.2, 0) is 16.1 Å². The number of methoxy groups -OCH3 is 1. The normalized spacial score (nSPS) is 14.3. The zero-order valence-corrected chi connectivity index (χ0v) is 18.7. The summed E-state index contributed by atoms with van der Waals surface area (Å²) in [4.78, 5) is 37.6. The third kappa shape index (κ3) is 4.92. The molecule has 1 fully saturated rings. The number of halogens is 1. The molecule has 2 heterocycles. The Kier molecular flexibility index (Phi) is 7.17. The summed E-state index contributed by atoms with van der Waals surface area (Å²) in [5.41, 5.74) is 0.595. The predicted molar refractivity (Wildman–Crippen MR) is 114 cm³/mol. The van der Waals surface area contributed by atoms with Crippen LogP contribution in [0.3, 0.4) is 0 Å². The summed E-state index contributed by atoms with van der Waals surface area (Å²) in [6, 6.07) is 7.39. The summed E-state index contributed by atoms with van der Waals surface area (Å²) >= 11 is 3.40. The third-order valence-electron chi connectivity index (χ3n) is 4.28. The maximum atomic E-state index is 12.8. The Morgan fingerprint density at radius 2 is 2.03 bits per heavy atom. The minimum atomic E-state index is -0.661. The summed E-state index contributed by atoms with van der Waals surface area (Å²) < 4.78 is 21.4. The molecule has 0 atom stereocenters. The first-order valence-electron chi connectivity index (χ1n) is 9.35. The molecule has 0 unspecified atom stereocenters. The maximum Gasteiger partial charge on any atom is 0.373 e. The molecule has 1 saturated heterocycles. The van der Waals surface area contributed by atoms with Gasteiger partial charge in [-0.1, -0.05) is 15.9 Å². The van der Waals surface area contributed by atoms with E-state index in [0.29, 0.717) is 28.1 Å². The van der Waals surface area contributed by atoms with E-state index in [0.717, 1.165) is 4.90 Å². The van der Waals surface area contributed by atoms with Crippen LogP contribution in [0.4, 0.5) is 4.79 Å². The average molecular weight is 504 g/mol. The zero-order chi connectivity index (χ0) is 23.3. The molecule has 0 aliphatic carbocycles. The lowest BCUT2D eigenvalue weighted by Crippen LogP contribution is -2.30. The van der Waals surface area contributed by atoms with Crippen molar-refractivity contribution in [2.75, 3.05) is 20.3 Å². The van der Waals surface area contributed by atoms with E-state index in [1.165, 1.54) is 25.3 Å². The molecule has 1 aromatic heterocycles. The number of esters is 1. The number of carbonyl (C=O) groups excluding carboxylic acids is 3. The Hall–Kier alpha value is -3.78. The first-order chi connectivity index (χ1) is 15.4. The van der Waals surface area contributed by atoms with Gasteiger partial charge in [-0.25, -0.2) is 9.59 Å². The smallest absolute Gasteiger partial charge is 0.373 e. The number of rotatable bonds is 8. The number of urea groups is 1. The van der Waals surface area contributed by atoms with Crippen molar-refractivity contribution in [3.05, 3.63) is 51.5 Å². The van der Waals surface area contributed by atoms with Crippen LogP contribution in [0.2, 0.25) is 0 Å². The molecule has 1 N–H and O–H groups in total. The lowest BCUT2D eigenvalue weighted by molar-refractivity contribution is -0.123. The molecule has 1 aliphatic heterocycles. The van der Waals surface area contributed by atoms with Gasteiger partial charge in [-0.15, -0.1) is 0 Å². The van der Waals surface area contributed by atoms with Crippen molar-refractivity contribution in [2.24, 2.45) is 0 Å². The van der Waals surface area contributed by atoms with Gasteiger partial charge in [0.2, 0.25) is 5.76 Å². The van der Waals surface area contributed by atoms with Gasteiger partial charge >= 0.3 is 12.0 Å². The molecule has 32 heavy (non-hydrogen) atoms. The molecule has 1 aliphatic rings. The Labute approximate surface area is 191 Å². The highest BCUT2D eigenvalue weighted by Crippen LogP contribution is 2.35. The van der Waals surface area contributed by atoms with Crippen molar-refractivity contribution < 1.29 is 33.0 Å². The van der Waals surface area contributed by atoms with E-state index >= 15 is 0 Å². The topological polar surface area (TPSA) is 131 Å². The standard InChI is InChI=1S/C21H18BrN3O7/c1-3-30-17-9-12(14(22)10-18(17)31-7-6-23)8-15-19(26)25(21(28)24-15)11-13-4-5-16(32-13)20(27)29-2/h4-5,8-10H,3,7,11H2,1-2H3,(H,24,28)/b15-8-. The number of carbonyl (C=O) groups is 3. The van der Waals surface area contributed by atoms with E-state index in [4.69, 9.17) is 19.2 Å². The van der Waals surface area contributed by atoms with Crippen LogP contribution in [0.5, 0.6) is 11.5 Å². The van der Waals surface area contributed by atoms with Crippen molar-refractivity contribution in [3.63, 3.8) is 0 Å². The Balaban J connectivity index is 1.83. The number of nitrogens with one attached hydrogen (secondary N) is 1. The van der Waals surface area contributed by atoms with Crippen molar-refractivity contribution in [3.8, 4) is 17.6 Å². The first-order valence-corrected chi connectivity index (χ1v) is 10.1. The minimum absolute atomic E-state index is 0.0311. The van der Waals surface area contributed by atoms with Crippen LogP contribution in [0, 0.1) is 11.3 Å². The highest BCUT2D eigenvalue weighted by Gasteiger charge is 2.34. The monoisotopic (exact) mass is 503 g/mol. The summed E-state index contributed by atoms with van der Waals surface area (Å²) in [6.45, 7) is 1.85. The number of nitriles is 1. The molecular formula is C21H18BrN3O7. The third-order valence-corrected chi connectivity index (χ3v) is 4.97. The van der Waals surface area contributed by atoms with Gasteiger partial charge < -0.3 is 23.9 Å². The minimum Gasteiger partial charge on any atom is -0.490 e. The van der Waals surface area contributed by atoms with Crippen LogP contribution in [0.1, 0.15) is 28.8 Å². The second-order valence-electron chi connectivity index (χ2n) is 6.34. The van der Waals surface area contributed by atoms with Crippen LogP contribution < -0.4 is 14.8 Å². The van der Waals surface area contributed by atoms with E-state index in [-0.39, 0.29) is 30.4 Å². The fourth-order valence-electron chi connectivity index (χ4n) is 2.85. The Morgan fingerprint density at radius 1 is 1.28 bits per heavy atom. The van der Waals surface area contributed by atoms with E-state index in [2.05, 4.69) is 26.0 Å². The lowest BCUT2D eigenvalue weighted by atomic mass is 10.1. The highest BCUT2D eigenvalue weighted by atomic mass is 79.9. The van der Waals surface area contributed by atoms with Crippen molar-refractivity contribution >= 4 is 39.9 Å². The summed E-state index contributed by atoms with van der Waals surface area (Å²) in [5.74, 6) is -0.264. The largest absolute Gasteiger partial charge is 0.490 e. The van der Waals surface area contributed by atoms with Gasteiger partial charge in [0.25, 0.3) is 5.91 Å². The van der Waals surface area contributed by atoms with Crippen LogP contribution >= 0.6 is 15.9 Å². The SMILES string of the molecule is CCOc1cc(/C=C2\NC(=O)N(Cc3ccc(C(=O)OC)o3)C2=O)c(Br)cc1OCC#N. The quantitative estimate of drug-likeness (QED) is 0.330. The summed E-state index contributed by atoms with van der Waals surface area (Å²) in [5, 5.41) is 11.3. The number of imide groups is 1. The van der Waals surface area contributed by atoms with Gasteiger partial charge in [0.1, 0.15) is 17.5 Å². The summed E-state index contributed by atoms with van der Waals surface area (Å²) in [7, 11) is 1.22. The van der Waals surface area contributed by atoms with Gasteiger partial charge in [0, 0.05) is 4.47 Å². The fraction of sp³-hybridized carbons (Fsp3) is 0.238. The summed E-state index contributed by atoms with van der Waals surface area (Å²) in [6.07, 6.45) is 1.49. The molecule has 0 bridgehead atoms. The molecule has 2 aromatic rings. The number of ether oxygens (including phenoxy) is 3. The number of nitrogens with zero attached hydrogens (tertiary/aromatic N) is 2. The molecule has 3 amide bonds. The number of hydrogen-bond donors (Lipinski definition) is 1. The second-order valence-corrected chi connectivity index (χ2v) is 7.19. The lowest BCUT2D eigenvalue weighted by Gasteiger charge is -2.12. The van der Waals surface area contributed by atoms with E-state index in [1.807, 2.05) is 6.07 Å². The van der Waals surface area contributed by atoms with E-state index < -0.39 is 17.9 Å². The van der Waals surface area contributed by atoms with Crippen molar-refractivity contribution in [2.45, 2.75) is 13.5 Å². The average Bonchev–Trinajstić information content (AvgIpc) is 3.35. The van der Waals surface area contributed by atoms with Gasteiger partial charge in [0.15, 0.2) is 18.1 Å². The predicted octanol–water partition coefficient (Wildman–Crippen LogP) is 3.22. The molecule has 0 saturated carbocycles. The number of furan rings is 1. The molecule has 0 radical (unpaired) electrons. The molecule has 166 valence electrons. The second kappa shape index (κ2) is 10.0. The van der Waals surface area contributed by atoms with E-state index in [1.54, 1.807) is 19.1 Å². The molecular weight excluding hydrogens is 486 g/mol. The molecule has 0 spiro atoms. The first kappa shape index (κ1) is 22.9. The molecule has 10 nitrogen and oxygen atoms in total. The van der Waals surface area contributed by atoms with E-state index in [9.17, 15) is 14.4 Å². The highest BCUT2D eigenvalue weighted by molar-refractivity contribution is 9.10. The fourth-order valence-corrected chi connectivity index (χ4v) is 3.29. The van der Waals surface area contributed by atoms with Crippen LogP contribution in [-0.4, -0.2) is 43.1 Å². The maximum absolute atomic E-state index is 12.8. The zero-order valence-electron chi connectivity index (χ0n) is 17.1. The van der Waals surface area contributed by atoms with Crippen molar-refractivity contribution in [1.29, 1.82) is 5.26 Å². The van der Waals surface area contributed by atoms with Gasteiger partial charge in [-0.05, 0) is 42.8 Å². The number of amides is 3. The van der Waals surface area contributed by atoms with Crippen molar-refractivity contribution in [1.82, 2.24) is 10.2 Å². The number of hydrogen-bond acceptors (Lipinski definition) is 8. The Bertz CT molecular complexity index is 1130. The van der Waals surface area contributed by atoms with Crippen LogP contribution in [0.25, 0.3) is 6.08 Å². The molecule has 3 rings (SSSR count). The van der Waals surface area contributed by atoms with Gasteiger partial charge in [-0.3, -0.25) is 9.69 Å². The van der Waals surface area contributed by atoms with Gasteiger partial charge in [-0.2, -0.15) is 5.26 Å². The number of benzene rings is 1. The molecule has 1 aromatic carbocycles. The van der Waals surface area contributed by atoms with Crippen LogP contribution in [0.15, 0.2) is 38.9 Å². The van der Waals surface area contributed by atoms with Gasteiger partial charge in [0.05, 0.1) is 20.3 Å². The molecule has 11 heteroatoms.